The predicted octanol–water partition coefficient (Wildman–Crippen LogP) is 0.512. The summed E-state index contributed by atoms with van der Waals surface area (Å²) in [6, 6.07) is 4.83. The molecule has 0 fully saturated rings. The Morgan fingerprint density at radius 2 is 1.26 bits per heavy atom. The Hall–Kier alpha value is -0.235. The van der Waals surface area contributed by atoms with Crippen LogP contribution in [0.5, 0.6) is 11.5 Å². The first kappa shape index (κ1) is 26.8. The number of unbranched alkanes of at least 4 members (excludes halogenated alkanes) is 8. The summed E-state index contributed by atoms with van der Waals surface area (Å²) >= 11 is 0. The molecule has 0 atom stereocenters. The van der Waals surface area contributed by atoms with Crippen molar-refractivity contribution in [3.63, 3.8) is 0 Å². The van der Waals surface area contributed by atoms with Gasteiger partial charge in [-0.2, -0.15) is 0 Å². The Balaban J connectivity index is 0.00000676. The van der Waals surface area contributed by atoms with Crippen molar-refractivity contribution in [2.24, 2.45) is 0 Å². The summed E-state index contributed by atoms with van der Waals surface area (Å²) in [7, 11) is 0. The molecule has 5 nitrogen and oxygen atoms in total. The third-order valence-electron chi connectivity index (χ3n) is 4.42. The minimum atomic E-state index is -3.63. The largest absolute Gasteiger partial charge is 1.00 e. The summed E-state index contributed by atoms with van der Waals surface area (Å²) in [5, 5.41) is 29.0. The Bertz CT molecular complexity index is 494. The van der Waals surface area contributed by atoms with Crippen LogP contribution in [0.3, 0.4) is 0 Å². The van der Waals surface area contributed by atoms with E-state index in [4.69, 9.17) is 9.47 Å². The van der Waals surface area contributed by atoms with Crippen LogP contribution >= 0.6 is 0 Å². The van der Waals surface area contributed by atoms with Crippen molar-refractivity contribution >= 4 is 12.2 Å². The van der Waals surface area contributed by atoms with Gasteiger partial charge in [0, 0.05) is 0 Å². The molecule has 0 aliphatic heterocycles. The first-order valence-electron chi connectivity index (χ1n) is 10.2. The second-order valence-electron chi connectivity index (χ2n) is 6.96. The molecule has 0 bridgehead atoms. The molecule has 0 spiro atoms. The third-order valence-corrected chi connectivity index (χ3v) is 4.42. The normalized spacial score (nSPS) is 11.1. The summed E-state index contributed by atoms with van der Waals surface area (Å²) < 4.78 is 11.3. The summed E-state index contributed by atoms with van der Waals surface area (Å²) in [5.41, 5.74) is -0.0259. The van der Waals surface area contributed by atoms with Crippen LogP contribution in [0.25, 0.3) is 0 Å². The molecule has 7 heteroatoms. The Labute approximate surface area is 186 Å². The summed E-state index contributed by atoms with van der Waals surface area (Å²) in [4.78, 5) is 0. The van der Waals surface area contributed by atoms with Crippen LogP contribution in [-0.2, 0) is 0 Å². The molecule has 3 N–H and O–H groups in total. The molecular weight excluding hydrogens is 354 g/mol. The van der Waals surface area contributed by atoms with Crippen LogP contribution in [0.15, 0.2) is 18.2 Å². The van der Waals surface area contributed by atoms with Gasteiger partial charge >= 0.3 is 36.3 Å². The second-order valence-corrected chi connectivity index (χ2v) is 6.96. The molecule has 0 amide bonds. The number of benzene rings is 1. The quantitative estimate of drug-likeness (QED) is 0.301. The monoisotopic (exact) mass is 390 g/mol. The van der Waals surface area contributed by atoms with Gasteiger partial charge in [-0.15, -0.1) is 0 Å². The van der Waals surface area contributed by atoms with Gasteiger partial charge in [0.15, 0.2) is 0 Å². The molecule has 1 rings (SSSR count). The van der Waals surface area contributed by atoms with Crippen LogP contribution in [0.4, 0.5) is 0 Å². The van der Waals surface area contributed by atoms with Crippen LogP contribution in [0.2, 0.25) is 0 Å². The molecule has 150 valence electrons. The second kappa shape index (κ2) is 15.7. The van der Waals surface area contributed by atoms with E-state index in [0.717, 1.165) is 25.7 Å². The molecule has 0 saturated heterocycles. The van der Waals surface area contributed by atoms with Gasteiger partial charge in [0.2, 0.25) is 0 Å². The maximum atomic E-state index is 9.67. The van der Waals surface area contributed by atoms with Gasteiger partial charge in [-0.25, -0.2) is 0 Å². The van der Waals surface area contributed by atoms with Crippen molar-refractivity contribution in [3.05, 3.63) is 18.2 Å². The predicted molar refractivity (Wildman–Crippen MR) is 107 cm³/mol. The van der Waals surface area contributed by atoms with Crippen LogP contribution in [-0.4, -0.2) is 35.0 Å². The van der Waals surface area contributed by atoms with Crippen LogP contribution in [0, 0.1) is 0 Å². The third kappa shape index (κ3) is 12.0. The molecule has 0 aliphatic rings. The zero-order valence-electron chi connectivity index (χ0n) is 17.5. The Morgan fingerprint density at radius 3 is 1.78 bits per heavy atom. The van der Waals surface area contributed by atoms with Crippen LogP contribution < -0.4 is 44.5 Å². The van der Waals surface area contributed by atoms with Crippen molar-refractivity contribution in [2.75, 3.05) is 13.2 Å². The van der Waals surface area contributed by atoms with E-state index in [9.17, 15) is 15.1 Å². The summed E-state index contributed by atoms with van der Waals surface area (Å²) in [6.07, 6.45) is 11.3. The molecule has 0 aliphatic carbocycles. The van der Waals surface area contributed by atoms with Crippen molar-refractivity contribution in [1.29, 1.82) is 0 Å². The number of hydrogen-bond donors (Lipinski definition) is 3. The van der Waals surface area contributed by atoms with E-state index in [0.29, 0.717) is 24.7 Å². The number of ether oxygens (including phenoxy) is 2. The van der Waals surface area contributed by atoms with Gasteiger partial charge in [-0.3, -0.25) is 0 Å². The van der Waals surface area contributed by atoms with E-state index in [1.807, 2.05) is 0 Å². The van der Waals surface area contributed by atoms with E-state index in [1.54, 1.807) is 12.1 Å². The van der Waals surface area contributed by atoms with E-state index in [-0.39, 0.29) is 35.0 Å². The number of hydrogen-bond acceptors (Lipinski definition) is 5. The molecule has 1 aromatic carbocycles. The first-order chi connectivity index (χ1) is 12.5. The maximum Gasteiger partial charge on any atom is 1.00 e. The maximum absolute atomic E-state index is 9.67. The smallest absolute Gasteiger partial charge is 0.556 e. The van der Waals surface area contributed by atoms with Gasteiger partial charge in [-0.05, 0) is 31.0 Å². The standard InChI is InChI=1S/C20H36BO5.Na/c1-3-5-7-9-11-15-25-18-13-14-20(19(17-18)21(22,23)24)26-16-12-10-8-6-4-2;/h13-14,17,22-24H,3-12,15-16H2,1-2H3;/q-1;+1. The van der Waals surface area contributed by atoms with E-state index in [1.165, 1.54) is 44.6 Å². The van der Waals surface area contributed by atoms with E-state index >= 15 is 0 Å². The van der Waals surface area contributed by atoms with Crippen molar-refractivity contribution in [2.45, 2.75) is 78.1 Å². The zero-order valence-corrected chi connectivity index (χ0v) is 19.5. The molecule has 1 aromatic rings. The van der Waals surface area contributed by atoms with E-state index < -0.39 is 6.75 Å². The molecule has 0 radical (unpaired) electrons. The SMILES string of the molecule is CCCCCCCOc1ccc(OCCCCCCC)c([B-](O)(O)O)c1.[Na+]. The zero-order chi connectivity index (χ0) is 19.3. The summed E-state index contributed by atoms with van der Waals surface area (Å²) in [6.45, 7) is 1.78. The Morgan fingerprint density at radius 1 is 0.741 bits per heavy atom. The minimum Gasteiger partial charge on any atom is -0.556 e. The van der Waals surface area contributed by atoms with Crippen LogP contribution in [0.1, 0.15) is 78.1 Å². The fourth-order valence-corrected chi connectivity index (χ4v) is 2.83. The Kier molecular flexibility index (Phi) is 15.5. The fourth-order valence-electron chi connectivity index (χ4n) is 2.83. The van der Waals surface area contributed by atoms with Gasteiger partial charge in [0.1, 0.15) is 5.75 Å². The molecule has 0 saturated carbocycles. The molecular formula is C20H36BNaO5. The van der Waals surface area contributed by atoms with Crippen molar-refractivity contribution < 1.29 is 54.1 Å². The van der Waals surface area contributed by atoms with Gasteiger partial charge in [-0.1, -0.05) is 70.7 Å². The molecule has 27 heavy (non-hydrogen) atoms. The van der Waals surface area contributed by atoms with E-state index in [2.05, 4.69) is 13.8 Å². The number of rotatable bonds is 15. The van der Waals surface area contributed by atoms with Gasteiger partial charge < -0.3 is 24.5 Å². The van der Waals surface area contributed by atoms with Crippen molar-refractivity contribution in [1.82, 2.24) is 0 Å². The average Bonchev–Trinajstić information content (AvgIpc) is 2.61. The molecule has 0 aromatic heterocycles. The molecule has 0 unspecified atom stereocenters. The average molecular weight is 390 g/mol. The molecule has 0 heterocycles. The topological polar surface area (TPSA) is 79.2 Å². The minimum absolute atomic E-state index is 0. The first-order valence-corrected chi connectivity index (χ1v) is 10.2. The van der Waals surface area contributed by atoms with Crippen molar-refractivity contribution in [3.8, 4) is 11.5 Å². The summed E-state index contributed by atoms with van der Waals surface area (Å²) in [5.74, 6) is 0.803. The van der Waals surface area contributed by atoms with Gasteiger partial charge in [0.05, 0.1) is 19.0 Å². The van der Waals surface area contributed by atoms with Gasteiger partial charge in [0.25, 0.3) is 0 Å². The fraction of sp³-hybridized carbons (Fsp3) is 0.700.